The molecule has 0 N–H and O–H groups in total. The summed E-state index contributed by atoms with van der Waals surface area (Å²) >= 11 is 0. The number of ether oxygens (including phenoxy) is 1. The second kappa shape index (κ2) is 13.0. The van der Waals surface area contributed by atoms with Crippen molar-refractivity contribution >= 4 is 27.8 Å². The van der Waals surface area contributed by atoms with Gasteiger partial charge in [0.05, 0.1) is 5.69 Å². The number of rotatable bonds is 5. The van der Waals surface area contributed by atoms with Crippen molar-refractivity contribution in [3.63, 3.8) is 0 Å². The summed E-state index contributed by atoms with van der Waals surface area (Å²) in [4.78, 5) is 2.39. The number of nitrogens with zero attached hydrogens (tertiary/aromatic N) is 1. The Labute approximate surface area is 333 Å². The summed E-state index contributed by atoms with van der Waals surface area (Å²) in [6.07, 6.45) is 0. The van der Waals surface area contributed by atoms with Crippen LogP contribution in [0.15, 0.2) is 200 Å². The molecule has 1 aliphatic heterocycles. The van der Waals surface area contributed by atoms with Crippen LogP contribution in [0.25, 0.3) is 66.4 Å². The Kier molecular flexibility index (Phi) is 7.55. The van der Waals surface area contributed by atoms with E-state index in [1.54, 1.807) is 0 Å². The fraction of sp³-hybridized carbons (Fsp3) is 0.0545. The van der Waals surface area contributed by atoms with Gasteiger partial charge in [0.2, 0.25) is 0 Å². The average Bonchev–Trinajstić information content (AvgIpc) is 3.40. The van der Waals surface area contributed by atoms with Crippen molar-refractivity contribution in [3.05, 3.63) is 211 Å². The molecule has 0 unspecified atom stereocenters. The van der Waals surface area contributed by atoms with E-state index < -0.39 is 0 Å². The van der Waals surface area contributed by atoms with Crippen molar-refractivity contribution in [2.45, 2.75) is 19.3 Å². The normalized spacial score (nSPS) is 13.0. The largest absolute Gasteiger partial charge is 0.454 e. The molecule has 9 aromatic carbocycles. The third-order valence-electron chi connectivity index (χ3n) is 12.1. The fourth-order valence-corrected chi connectivity index (χ4v) is 9.15. The number of benzene rings is 9. The van der Waals surface area contributed by atoms with Crippen LogP contribution >= 0.6 is 0 Å². The Morgan fingerprint density at radius 3 is 1.65 bits per heavy atom. The molecule has 0 atom stereocenters. The lowest BCUT2D eigenvalue weighted by Crippen LogP contribution is -2.17. The highest BCUT2D eigenvalue weighted by Crippen LogP contribution is 2.55. The summed E-state index contributed by atoms with van der Waals surface area (Å²) in [5.41, 5.74) is 17.4. The Balaban J connectivity index is 1.15. The monoisotopic (exact) mass is 729 g/mol. The Morgan fingerprint density at radius 1 is 0.368 bits per heavy atom. The van der Waals surface area contributed by atoms with Crippen molar-refractivity contribution in [2.75, 3.05) is 4.90 Å². The Morgan fingerprint density at radius 2 is 0.912 bits per heavy atom. The number of anilines is 3. The van der Waals surface area contributed by atoms with Gasteiger partial charge in [-0.25, -0.2) is 0 Å². The highest BCUT2D eigenvalue weighted by atomic mass is 16.5. The Bertz CT molecular complexity index is 3000. The fourth-order valence-electron chi connectivity index (χ4n) is 9.15. The molecular formula is C55H39NO. The molecule has 0 amide bonds. The summed E-state index contributed by atoms with van der Waals surface area (Å²) < 4.78 is 7.36. The van der Waals surface area contributed by atoms with Crippen LogP contribution in [-0.4, -0.2) is 0 Å². The maximum Gasteiger partial charge on any atom is 0.159 e. The van der Waals surface area contributed by atoms with Gasteiger partial charge in [0.15, 0.2) is 5.75 Å². The van der Waals surface area contributed by atoms with E-state index in [1.165, 1.54) is 44.2 Å². The lowest BCUT2D eigenvalue weighted by atomic mass is 9.82. The first-order chi connectivity index (χ1) is 28.0. The van der Waals surface area contributed by atoms with E-state index in [2.05, 4.69) is 219 Å². The maximum absolute atomic E-state index is 7.36. The summed E-state index contributed by atoms with van der Waals surface area (Å²) in [5.74, 6) is 1.66. The first-order valence-corrected chi connectivity index (χ1v) is 19.8. The lowest BCUT2D eigenvalue weighted by Gasteiger charge is -2.30. The van der Waals surface area contributed by atoms with Gasteiger partial charge < -0.3 is 9.64 Å². The van der Waals surface area contributed by atoms with Crippen molar-refractivity contribution < 1.29 is 4.74 Å². The van der Waals surface area contributed by atoms with Gasteiger partial charge in [-0.05, 0) is 121 Å². The molecule has 2 aliphatic rings. The van der Waals surface area contributed by atoms with E-state index in [4.69, 9.17) is 4.74 Å². The van der Waals surface area contributed by atoms with Gasteiger partial charge in [0.1, 0.15) is 5.75 Å². The molecule has 0 saturated heterocycles. The second-order valence-corrected chi connectivity index (χ2v) is 15.7. The summed E-state index contributed by atoms with van der Waals surface area (Å²) in [6.45, 7) is 4.70. The van der Waals surface area contributed by atoms with Crippen LogP contribution in [0, 0.1) is 0 Å². The van der Waals surface area contributed by atoms with E-state index in [9.17, 15) is 0 Å². The molecule has 0 saturated carbocycles. The summed E-state index contributed by atoms with van der Waals surface area (Å²) in [5, 5.41) is 2.40. The minimum absolute atomic E-state index is 0.151. The third kappa shape index (κ3) is 5.40. The molecular weight excluding hydrogens is 691 g/mol. The molecule has 2 nitrogen and oxygen atoms in total. The molecule has 270 valence electrons. The molecule has 9 aromatic rings. The second-order valence-electron chi connectivity index (χ2n) is 15.7. The predicted octanol–water partition coefficient (Wildman–Crippen LogP) is 15.4. The van der Waals surface area contributed by atoms with Gasteiger partial charge in [-0.3, -0.25) is 0 Å². The molecule has 0 fully saturated rings. The van der Waals surface area contributed by atoms with E-state index in [-0.39, 0.29) is 5.41 Å². The molecule has 0 spiro atoms. The van der Waals surface area contributed by atoms with Gasteiger partial charge in [-0.15, -0.1) is 0 Å². The van der Waals surface area contributed by atoms with Gasteiger partial charge in [0, 0.05) is 27.9 Å². The van der Waals surface area contributed by atoms with E-state index in [1.807, 2.05) is 0 Å². The summed E-state index contributed by atoms with van der Waals surface area (Å²) in [7, 11) is 0. The molecule has 0 aromatic heterocycles. The third-order valence-corrected chi connectivity index (χ3v) is 12.1. The first-order valence-electron chi connectivity index (χ1n) is 19.8. The van der Waals surface area contributed by atoms with Crippen LogP contribution in [0.4, 0.5) is 17.1 Å². The van der Waals surface area contributed by atoms with Crippen molar-refractivity contribution in [3.8, 4) is 67.1 Å². The predicted molar refractivity (Wildman–Crippen MR) is 238 cm³/mol. The topological polar surface area (TPSA) is 12.5 Å². The molecule has 2 heteroatoms. The zero-order valence-corrected chi connectivity index (χ0v) is 31.9. The van der Waals surface area contributed by atoms with Crippen molar-refractivity contribution in [1.82, 2.24) is 0 Å². The standard InChI is InChI=1S/C55H39NO/c1-55(2)50-22-12-11-20-44(50)45-31-29-43(35-51(45)55)56(42-27-24-38(25-28-42)36-14-5-3-6-15-36)52-23-13-21-47-49-33-40-19-10-9-18-39(40)32-48(49)46-30-26-41(34-53(46)57-54(47)52)37-16-7-4-8-17-37/h3-35H,1-2H3. The van der Waals surface area contributed by atoms with Crippen molar-refractivity contribution in [1.29, 1.82) is 0 Å². The van der Waals surface area contributed by atoms with Crippen LogP contribution in [0.2, 0.25) is 0 Å². The zero-order chi connectivity index (χ0) is 38.1. The van der Waals surface area contributed by atoms with Crippen LogP contribution in [0.5, 0.6) is 11.5 Å². The molecule has 11 rings (SSSR count). The van der Waals surface area contributed by atoms with Crippen LogP contribution in [-0.2, 0) is 5.41 Å². The van der Waals surface area contributed by atoms with Crippen molar-refractivity contribution in [2.24, 2.45) is 0 Å². The highest BCUT2D eigenvalue weighted by molar-refractivity contribution is 6.02. The minimum atomic E-state index is -0.151. The van der Waals surface area contributed by atoms with Gasteiger partial charge in [-0.1, -0.05) is 159 Å². The molecule has 0 radical (unpaired) electrons. The van der Waals surface area contributed by atoms with E-state index in [0.29, 0.717) is 0 Å². The van der Waals surface area contributed by atoms with E-state index >= 15 is 0 Å². The lowest BCUT2D eigenvalue weighted by molar-refractivity contribution is 0.489. The van der Waals surface area contributed by atoms with Gasteiger partial charge >= 0.3 is 0 Å². The molecule has 1 heterocycles. The molecule has 0 bridgehead atoms. The van der Waals surface area contributed by atoms with Crippen LogP contribution in [0.1, 0.15) is 25.0 Å². The van der Waals surface area contributed by atoms with E-state index in [0.717, 1.165) is 61.9 Å². The smallest absolute Gasteiger partial charge is 0.159 e. The maximum atomic E-state index is 7.36. The Hall–Kier alpha value is -7.16. The zero-order valence-electron chi connectivity index (χ0n) is 31.9. The summed E-state index contributed by atoms with van der Waals surface area (Å²) in [6, 6.07) is 72.5. The minimum Gasteiger partial charge on any atom is -0.454 e. The van der Waals surface area contributed by atoms with Gasteiger partial charge in [0.25, 0.3) is 0 Å². The molecule has 1 aliphatic carbocycles. The van der Waals surface area contributed by atoms with Crippen LogP contribution < -0.4 is 9.64 Å². The van der Waals surface area contributed by atoms with Crippen LogP contribution in [0.3, 0.4) is 0 Å². The number of hydrogen-bond acceptors (Lipinski definition) is 2. The molecule has 57 heavy (non-hydrogen) atoms. The average molecular weight is 730 g/mol. The first kappa shape index (κ1) is 33.2. The SMILES string of the molecule is CC1(C)c2ccccc2-c2ccc(N(c3ccc(-c4ccccc4)cc3)c3cccc4c3Oc3cc(-c5ccccc5)ccc3-c3cc5ccccc5cc3-4)cc21. The van der Waals surface area contributed by atoms with Gasteiger partial charge in [-0.2, -0.15) is 0 Å². The quantitative estimate of drug-likeness (QED) is 0.175. The number of fused-ring (bicyclic) bond motifs is 9. The number of hydrogen-bond donors (Lipinski definition) is 0. The number of para-hydroxylation sites is 1. The highest BCUT2D eigenvalue weighted by Gasteiger charge is 2.36.